The number of hydrogen-bond acceptors (Lipinski definition) is 5. The molecule has 0 aliphatic carbocycles. The summed E-state index contributed by atoms with van der Waals surface area (Å²) in [5.41, 5.74) is 10.8. The summed E-state index contributed by atoms with van der Waals surface area (Å²) in [6.45, 7) is 6.23. The van der Waals surface area contributed by atoms with Crippen LogP contribution in [0.4, 0.5) is 29.3 Å². The van der Waals surface area contributed by atoms with Crippen molar-refractivity contribution in [1.29, 1.82) is 0 Å². The van der Waals surface area contributed by atoms with Gasteiger partial charge >= 0.3 is 12.4 Å². The Bertz CT molecular complexity index is 1600. The van der Waals surface area contributed by atoms with Crippen molar-refractivity contribution in [2.24, 2.45) is 20.7 Å². The minimum absolute atomic E-state index is 0. The average Bonchev–Trinajstić information content (AvgIpc) is 3.34. The van der Waals surface area contributed by atoms with E-state index in [9.17, 15) is 22.8 Å². The van der Waals surface area contributed by atoms with E-state index in [1.54, 1.807) is 17.0 Å². The van der Waals surface area contributed by atoms with Gasteiger partial charge < -0.3 is 15.8 Å². The molecule has 1 aliphatic rings. The number of alkyl halides is 3. The number of carbonyl (C=O) groups excluding carboxylic acids is 2. The number of anilines is 1. The second-order valence-corrected chi connectivity index (χ2v) is 10.8. The molecule has 1 atom stereocenters. The van der Waals surface area contributed by atoms with Crippen molar-refractivity contribution >= 4 is 52.4 Å². The molecule has 0 radical (unpaired) electrons. The summed E-state index contributed by atoms with van der Waals surface area (Å²) in [7, 11) is 0. The van der Waals surface area contributed by atoms with Gasteiger partial charge in [0.25, 0.3) is 0 Å². The fourth-order valence-corrected chi connectivity index (χ4v) is 5.27. The van der Waals surface area contributed by atoms with Crippen molar-refractivity contribution in [3.8, 4) is 5.75 Å². The Hall–Kier alpha value is -4.65. The highest BCUT2D eigenvalue weighted by atomic mass is 32.2. The molecule has 1 heterocycles. The number of amides is 3. The summed E-state index contributed by atoms with van der Waals surface area (Å²) < 4.78 is 40.7. The third-order valence-electron chi connectivity index (χ3n) is 6.70. The molecule has 0 saturated carbocycles. The maximum absolute atomic E-state index is 12.7. The Labute approximate surface area is 258 Å². The number of ether oxygens (including phenoxy) is 1. The van der Waals surface area contributed by atoms with Crippen LogP contribution >= 0.6 is 11.8 Å². The summed E-state index contributed by atoms with van der Waals surface area (Å²) in [6, 6.07) is 17.7. The monoisotopic (exact) mass is 626 g/mol. The number of benzene rings is 3. The molecule has 3 aromatic rings. The van der Waals surface area contributed by atoms with Crippen LogP contribution in [0.25, 0.3) is 0 Å². The van der Waals surface area contributed by atoms with Crippen LogP contribution in [0.15, 0.2) is 81.7 Å². The summed E-state index contributed by atoms with van der Waals surface area (Å²) in [5.74, 6) is -0.0854. The molecule has 1 fully saturated rings. The van der Waals surface area contributed by atoms with Crippen LogP contribution in [0.3, 0.4) is 0 Å². The lowest BCUT2D eigenvalue weighted by atomic mass is 9.99. The van der Waals surface area contributed by atoms with Crippen LogP contribution in [-0.2, 0) is 11.2 Å². The number of nitrogens with two attached hydrogens (primary N) is 1. The van der Waals surface area contributed by atoms with E-state index in [0.717, 1.165) is 40.9 Å². The zero-order chi connectivity index (χ0) is 31.9. The number of para-hydroxylation sites is 1. The van der Waals surface area contributed by atoms with Gasteiger partial charge in [-0.05, 0) is 60.2 Å². The van der Waals surface area contributed by atoms with Crippen LogP contribution in [-0.4, -0.2) is 47.9 Å². The van der Waals surface area contributed by atoms with E-state index in [2.05, 4.69) is 25.0 Å². The van der Waals surface area contributed by atoms with Gasteiger partial charge in [-0.2, -0.15) is 4.99 Å². The molecule has 0 spiro atoms. The van der Waals surface area contributed by atoms with Crippen LogP contribution in [0, 0.1) is 6.92 Å². The fraction of sp³-hybridized carbons (Fsp3) is 0.258. The Morgan fingerprint density at radius 2 is 1.86 bits per heavy atom. The van der Waals surface area contributed by atoms with Crippen molar-refractivity contribution < 1.29 is 28.9 Å². The quantitative estimate of drug-likeness (QED) is 0.202. The molecular formula is C31H33F3N6O3S. The summed E-state index contributed by atoms with van der Waals surface area (Å²) in [5, 5.41) is 3.19. The van der Waals surface area contributed by atoms with Gasteiger partial charge in [0.15, 0.2) is 5.17 Å². The van der Waals surface area contributed by atoms with E-state index in [0.29, 0.717) is 23.0 Å². The van der Waals surface area contributed by atoms with Crippen LogP contribution < -0.4 is 20.7 Å². The number of nitrogens with zero attached hydrogens (tertiary/aromatic N) is 4. The number of rotatable bonds is 9. The normalized spacial score (nSPS) is 15.7. The zero-order valence-corrected chi connectivity index (χ0v) is 25.1. The summed E-state index contributed by atoms with van der Waals surface area (Å²) in [4.78, 5) is 39.4. The predicted octanol–water partition coefficient (Wildman–Crippen LogP) is 6.72. The van der Waals surface area contributed by atoms with E-state index in [1.807, 2.05) is 51.1 Å². The maximum atomic E-state index is 12.7. The highest BCUT2D eigenvalue weighted by Crippen LogP contribution is 2.33. The van der Waals surface area contributed by atoms with E-state index in [1.165, 1.54) is 30.2 Å². The second kappa shape index (κ2) is 14.2. The van der Waals surface area contributed by atoms with Gasteiger partial charge in [0.1, 0.15) is 17.9 Å². The average molecular weight is 627 g/mol. The van der Waals surface area contributed by atoms with Crippen molar-refractivity contribution in [3.63, 3.8) is 0 Å². The lowest BCUT2D eigenvalue weighted by Gasteiger charge is -2.21. The highest BCUT2D eigenvalue weighted by molar-refractivity contribution is 8.15. The lowest BCUT2D eigenvalue weighted by Crippen LogP contribution is -2.33. The number of urea groups is 1. The van der Waals surface area contributed by atoms with Gasteiger partial charge in [0, 0.05) is 13.5 Å². The topological polar surface area (TPSA) is 122 Å². The largest absolute Gasteiger partial charge is 0.573 e. The molecule has 44 heavy (non-hydrogen) atoms. The van der Waals surface area contributed by atoms with Gasteiger partial charge in [-0.3, -0.25) is 9.69 Å². The first-order valence-corrected chi connectivity index (χ1v) is 14.7. The first kappa shape index (κ1) is 32.3. The number of aliphatic imine (C=N–C) groups is 3. The lowest BCUT2D eigenvalue weighted by molar-refractivity contribution is -0.274. The molecular weight excluding hydrogens is 593 g/mol. The van der Waals surface area contributed by atoms with Crippen LogP contribution in [0.5, 0.6) is 5.75 Å². The zero-order valence-electron chi connectivity index (χ0n) is 24.3. The molecule has 0 aromatic heterocycles. The first-order chi connectivity index (χ1) is 20.9. The third kappa shape index (κ3) is 8.47. The number of thioether (sulfide) groups is 1. The van der Waals surface area contributed by atoms with Gasteiger partial charge in [0.2, 0.25) is 5.91 Å². The minimum Gasteiger partial charge on any atom is -0.406 e. The van der Waals surface area contributed by atoms with Crippen molar-refractivity contribution in [2.45, 2.75) is 39.5 Å². The van der Waals surface area contributed by atoms with Crippen molar-refractivity contribution in [3.05, 3.63) is 89.0 Å². The SMILES string of the molecule is CCc1cccc(C)c1N1C(=O)CS/C1=N\C(=O)NCC(C)c1ccc(C(N)=NC=Nc2ccc(OC(F)(F)F)cc2)cc1.[HH]. The molecule has 1 unspecified atom stereocenters. The Kier molecular flexibility index (Phi) is 10.4. The Morgan fingerprint density at radius 3 is 2.52 bits per heavy atom. The molecule has 3 amide bonds. The van der Waals surface area contributed by atoms with Gasteiger partial charge in [-0.1, -0.05) is 68.1 Å². The molecule has 1 aliphatic heterocycles. The number of aryl methyl sites for hydroxylation is 2. The van der Waals surface area contributed by atoms with E-state index in [-0.39, 0.29) is 30.6 Å². The summed E-state index contributed by atoms with van der Waals surface area (Å²) >= 11 is 1.24. The Balaban J connectivity index is 0.00000552. The van der Waals surface area contributed by atoms with Crippen molar-refractivity contribution in [1.82, 2.24) is 5.32 Å². The highest BCUT2D eigenvalue weighted by Gasteiger charge is 2.33. The molecule has 3 N–H and O–H groups in total. The molecule has 0 bridgehead atoms. The second-order valence-electron chi connectivity index (χ2n) is 9.86. The smallest absolute Gasteiger partial charge is 0.406 e. The molecule has 13 heteroatoms. The van der Waals surface area contributed by atoms with E-state index in [4.69, 9.17) is 5.73 Å². The van der Waals surface area contributed by atoms with E-state index < -0.39 is 12.4 Å². The van der Waals surface area contributed by atoms with Crippen LogP contribution in [0.2, 0.25) is 0 Å². The molecule has 3 aromatic carbocycles. The molecule has 232 valence electrons. The van der Waals surface area contributed by atoms with Gasteiger partial charge in [-0.25, -0.2) is 14.8 Å². The fourth-order valence-electron chi connectivity index (χ4n) is 4.42. The van der Waals surface area contributed by atoms with Gasteiger partial charge in [-0.15, -0.1) is 13.2 Å². The molecule has 1 saturated heterocycles. The summed E-state index contributed by atoms with van der Waals surface area (Å²) in [6.07, 6.45) is -2.81. The van der Waals surface area contributed by atoms with Crippen molar-refractivity contribution in [2.75, 3.05) is 17.2 Å². The number of halogens is 3. The van der Waals surface area contributed by atoms with Gasteiger partial charge in [0.05, 0.1) is 17.1 Å². The molecule has 4 rings (SSSR count). The van der Waals surface area contributed by atoms with Crippen LogP contribution in [0.1, 0.15) is 43.4 Å². The number of nitrogens with one attached hydrogen (secondary N) is 1. The standard InChI is InChI=1S/C31H31F3N6O3S.H2/c1-4-21-7-5-6-19(2)27(21)40-26(41)17-44-30(40)39-29(42)36-16-20(3)22-8-10-23(11-9-22)28(35)38-18-37-24-12-14-25(15-13-24)43-31(32,33)34;/h5-15,18,20H,4,16-17H2,1-3H3,(H,36,42)(H2,35,37,38);1H/b39-30-;. The predicted molar refractivity (Wildman–Crippen MR) is 170 cm³/mol. The molecule has 9 nitrogen and oxygen atoms in total. The first-order valence-electron chi connectivity index (χ1n) is 13.7. The number of hydrogen-bond donors (Lipinski definition) is 2. The number of carbonyl (C=O) groups is 2. The van der Waals surface area contributed by atoms with E-state index >= 15 is 0 Å². The minimum atomic E-state index is -4.76. The third-order valence-corrected chi connectivity index (χ3v) is 7.62. The number of amidine groups is 2. The Morgan fingerprint density at radius 1 is 1.16 bits per heavy atom. The maximum Gasteiger partial charge on any atom is 0.573 e.